The van der Waals surface area contributed by atoms with Gasteiger partial charge in [0.05, 0.1) is 16.4 Å². The second-order valence-corrected chi connectivity index (χ2v) is 8.91. The van der Waals surface area contributed by atoms with E-state index in [0.717, 1.165) is 33.3 Å². The molecule has 1 N–H and O–H groups in total. The molecule has 2 aromatic carbocycles. The summed E-state index contributed by atoms with van der Waals surface area (Å²) in [5.74, 6) is 0.330. The molecule has 0 fully saturated rings. The van der Waals surface area contributed by atoms with Crippen molar-refractivity contribution in [1.82, 2.24) is 4.98 Å². The summed E-state index contributed by atoms with van der Waals surface area (Å²) in [6, 6.07) is 20.2. The van der Waals surface area contributed by atoms with E-state index >= 15 is 0 Å². The fourth-order valence-electron chi connectivity index (χ4n) is 3.13. The first-order chi connectivity index (χ1) is 16.0. The lowest BCUT2D eigenvalue weighted by atomic mass is 10.1. The van der Waals surface area contributed by atoms with E-state index in [4.69, 9.17) is 4.74 Å². The van der Waals surface area contributed by atoms with Gasteiger partial charge in [0.15, 0.2) is 5.13 Å². The Morgan fingerprint density at radius 1 is 1.09 bits per heavy atom. The van der Waals surface area contributed by atoms with Gasteiger partial charge in [-0.3, -0.25) is 20.2 Å². The van der Waals surface area contributed by atoms with Crippen LogP contribution in [0.2, 0.25) is 0 Å². The lowest BCUT2D eigenvalue weighted by molar-refractivity contribution is -0.380. The minimum Gasteiger partial charge on any atom is -0.494 e. The number of thiophene rings is 1. The van der Waals surface area contributed by atoms with Crippen molar-refractivity contribution in [2.24, 2.45) is 0 Å². The summed E-state index contributed by atoms with van der Waals surface area (Å²) >= 11 is 2.16. The van der Waals surface area contributed by atoms with Crippen molar-refractivity contribution in [3.63, 3.8) is 0 Å². The van der Waals surface area contributed by atoms with Crippen LogP contribution < -0.4 is 15.0 Å². The Kier molecular flexibility index (Phi) is 6.66. The highest BCUT2D eigenvalue weighted by molar-refractivity contribution is 7.20. The lowest BCUT2D eigenvalue weighted by Gasteiger charge is -2.18. The number of carbonyl (C=O) groups is 1. The Morgan fingerprint density at radius 3 is 2.45 bits per heavy atom. The summed E-state index contributed by atoms with van der Waals surface area (Å²) in [5.41, 5.74) is 2.56. The van der Waals surface area contributed by atoms with Gasteiger partial charge < -0.3 is 9.64 Å². The van der Waals surface area contributed by atoms with Gasteiger partial charge in [-0.05, 0) is 49.4 Å². The van der Waals surface area contributed by atoms with Gasteiger partial charge >= 0.3 is 5.00 Å². The van der Waals surface area contributed by atoms with Gasteiger partial charge in [-0.25, -0.2) is 4.98 Å². The summed E-state index contributed by atoms with van der Waals surface area (Å²) in [4.78, 5) is 30.0. The van der Waals surface area contributed by atoms with Crippen LogP contribution in [0.4, 0.5) is 20.8 Å². The third-order valence-electron chi connectivity index (χ3n) is 4.71. The molecular weight excluding hydrogens is 460 g/mol. The van der Waals surface area contributed by atoms with Crippen molar-refractivity contribution < 1.29 is 14.5 Å². The van der Waals surface area contributed by atoms with Crippen LogP contribution in [0.3, 0.4) is 0 Å². The fraction of sp³-hybridized carbons (Fsp3) is 0.130. The van der Waals surface area contributed by atoms with Crippen LogP contribution in [-0.4, -0.2) is 29.5 Å². The lowest BCUT2D eigenvalue weighted by Crippen LogP contribution is -2.09. The predicted molar refractivity (Wildman–Crippen MR) is 132 cm³/mol. The van der Waals surface area contributed by atoms with Crippen LogP contribution in [0.15, 0.2) is 66.7 Å². The molecule has 0 atom stereocenters. The molecule has 0 unspecified atom stereocenters. The van der Waals surface area contributed by atoms with Crippen molar-refractivity contribution in [3.05, 3.63) is 81.7 Å². The van der Waals surface area contributed by atoms with Gasteiger partial charge in [0, 0.05) is 24.4 Å². The smallest absolute Gasteiger partial charge is 0.324 e. The zero-order valence-corrected chi connectivity index (χ0v) is 19.5. The average molecular weight is 481 g/mol. The number of thiazole rings is 1. The number of carbonyl (C=O) groups excluding carboxylic acids is 1. The number of para-hydroxylation sites is 1. The molecule has 1 amide bonds. The minimum atomic E-state index is -0.512. The van der Waals surface area contributed by atoms with Crippen molar-refractivity contribution in [2.75, 3.05) is 23.9 Å². The van der Waals surface area contributed by atoms with Crippen LogP contribution in [-0.2, 0) is 0 Å². The topological polar surface area (TPSA) is 97.6 Å². The normalized spacial score (nSPS) is 10.6. The molecular formula is C23H20N4O4S2. The van der Waals surface area contributed by atoms with E-state index in [1.807, 2.05) is 73.5 Å². The zero-order valence-electron chi connectivity index (χ0n) is 17.8. The number of ether oxygens (including phenoxy) is 1. The Labute approximate surface area is 198 Å². The van der Waals surface area contributed by atoms with Crippen molar-refractivity contribution in [3.8, 4) is 17.0 Å². The van der Waals surface area contributed by atoms with Gasteiger partial charge in [-0.1, -0.05) is 40.9 Å². The monoisotopic (exact) mass is 480 g/mol. The number of anilines is 3. The molecule has 0 aliphatic carbocycles. The van der Waals surface area contributed by atoms with Crippen LogP contribution in [0.5, 0.6) is 5.75 Å². The molecule has 2 aromatic heterocycles. The predicted octanol–water partition coefficient (Wildman–Crippen LogP) is 6.20. The SMILES string of the molecule is CCOc1ccc(-c2nc(NC(=O)c3ccc([N+](=O)[O-])s3)sc2N(C)c2ccccc2)cc1. The average Bonchev–Trinajstić information content (AvgIpc) is 3.48. The number of benzene rings is 2. The largest absolute Gasteiger partial charge is 0.494 e. The number of rotatable bonds is 8. The summed E-state index contributed by atoms with van der Waals surface area (Å²) in [5, 5.41) is 14.9. The van der Waals surface area contributed by atoms with Crippen molar-refractivity contribution in [1.29, 1.82) is 0 Å². The standard InChI is InChI=1S/C23H20N4O4S2/c1-3-31-17-11-9-15(10-12-17)20-22(26(2)16-7-5-4-6-8-16)33-23(24-20)25-21(28)18-13-14-19(32-18)27(29)30/h4-14H,3H2,1-2H3,(H,24,25,28). The summed E-state index contributed by atoms with van der Waals surface area (Å²) in [6.45, 7) is 2.51. The second kappa shape index (κ2) is 9.80. The fourth-order valence-corrected chi connectivity index (χ4v) is 4.81. The molecule has 0 radical (unpaired) electrons. The van der Waals surface area contributed by atoms with Gasteiger partial charge in [0.2, 0.25) is 0 Å². The van der Waals surface area contributed by atoms with Gasteiger partial charge in [-0.2, -0.15) is 0 Å². The number of hydrogen-bond acceptors (Lipinski definition) is 8. The van der Waals surface area contributed by atoms with E-state index in [-0.39, 0.29) is 9.88 Å². The molecule has 4 rings (SSSR count). The summed E-state index contributed by atoms with van der Waals surface area (Å²) in [7, 11) is 1.94. The summed E-state index contributed by atoms with van der Waals surface area (Å²) in [6.07, 6.45) is 0. The number of amides is 1. The first-order valence-corrected chi connectivity index (χ1v) is 11.7. The number of aromatic nitrogens is 1. The van der Waals surface area contributed by atoms with Gasteiger partial charge in [0.1, 0.15) is 16.4 Å². The van der Waals surface area contributed by atoms with Crippen LogP contribution in [0.1, 0.15) is 16.6 Å². The maximum absolute atomic E-state index is 12.7. The molecule has 0 bridgehead atoms. The first-order valence-electron chi connectivity index (χ1n) is 10.0. The highest BCUT2D eigenvalue weighted by atomic mass is 32.1. The van der Waals surface area contributed by atoms with Crippen LogP contribution in [0.25, 0.3) is 11.3 Å². The molecule has 4 aromatic rings. The summed E-state index contributed by atoms with van der Waals surface area (Å²) < 4.78 is 5.54. The Hall–Kier alpha value is -3.76. The Bertz CT molecular complexity index is 1270. The maximum Gasteiger partial charge on any atom is 0.324 e. The van der Waals surface area contributed by atoms with Crippen LogP contribution >= 0.6 is 22.7 Å². The maximum atomic E-state index is 12.7. The van der Waals surface area contributed by atoms with E-state index in [0.29, 0.717) is 17.4 Å². The number of hydrogen-bond donors (Lipinski definition) is 1. The van der Waals surface area contributed by atoms with E-state index in [1.54, 1.807) is 0 Å². The molecule has 33 heavy (non-hydrogen) atoms. The minimum absolute atomic E-state index is 0.0844. The quantitative estimate of drug-likeness (QED) is 0.238. The third kappa shape index (κ3) is 5.02. The van der Waals surface area contributed by atoms with Gasteiger partial charge in [0.25, 0.3) is 5.91 Å². The highest BCUT2D eigenvalue weighted by Crippen LogP contribution is 2.41. The molecule has 8 nitrogen and oxygen atoms in total. The van der Waals surface area contributed by atoms with E-state index in [9.17, 15) is 14.9 Å². The number of nitrogens with one attached hydrogen (secondary N) is 1. The Balaban J connectivity index is 1.68. The molecule has 0 aliphatic rings. The molecule has 0 aliphatic heterocycles. The molecule has 0 saturated carbocycles. The van der Waals surface area contributed by atoms with E-state index < -0.39 is 10.8 Å². The molecule has 0 spiro atoms. The van der Waals surface area contributed by atoms with E-state index in [2.05, 4.69) is 10.3 Å². The molecule has 2 heterocycles. The van der Waals surface area contributed by atoms with E-state index in [1.165, 1.54) is 23.5 Å². The second-order valence-electron chi connectivity index (χ2n) is 6.87. The molecule has 168 valence electrons. The van der Waals surface area contributed by atoms with Gasteiger partial charge in [-0.15, -0.1) is 0 Å². The van der Waals surface area contributed by atoms with Crippen molar-refractivity contribution >= 4 is 49.4 Å². The molecule has 10 heteroatoms. The Morgan fingerprint density at radius 2 is 1.82 bits per heavy atom. The third-order valence-corrected chi connectivity index (χ3v) is 6.80. The zero-order chi connectivity index (χ0) is 23.4. The molecule has 0 saturated heterocycles. The van der Waals surface area contributed by atoms with Crippen molar-refractivity contribution in [2.45, 2.75) is 6.92 Å². The highest BCUT2D eigenvalue weighted by Gasteiger charge is 2.21. The number of nitrogens with zero attached hydrogens (tertiary/aromatic N) is 3. The van der Waals surface area contributed by atoms with Crippen LogP contribution in [0, 0.1) is 10.1 Å². The number of nitro groups is 1. The first kappa shape index (κ1) is 22.4.